The van der Waals surface area contributed by atoms with E-state index in [1.54, 1.807) is 0 Å². The third kappa shape index (κ3) is 8.73. The number of carbonyl (C=O) groups is 1. The lowest BCUT2D eigenvalue weighted by molar-refractivity contribution is -0.127. The molecule has 9 nitrogen and oxygen atoms in total. The molecule has 2 saturated heterocycles. The van der Waals surface area contributed by atoms with Crippen LogP contribution in [0, 0.1) is 11.3 Å². The number of amides is 1. The van der Waals surface area contributed by atoms with Crippen LogP contribution >= 0.6 is 11.6 Å². The van der Waals surface area contributed by atoms with Crippen molar-refractivity contribution in [3.63, 3.8) is 0 Å². The number of unbranched alkanes of at least 4 members (excludes halogenated alkanes) is 3. The summed E-state index contributed by atoms with van der Waals surface area (Å²) < 4.78 is 5.44. The number of nitrogens with zero attached hydrogens (tertiary/aromatic N) is 4. The highest BCUT2D eigenvalue weighted by Gasteiger charge is 2.42. The fourth-order valence-corrected chi connectivity index (χ4v) is 8.33. The predicted molar refractivity (Wildman–Crippen MR) is 175 cm³/mol. The summed E-state index contributed by atoms with van der Waals surface area (Å²) in [4.78, 5) is 26.7. The predicted octanol–water partition coefficient (Wildman–Crippen LogP) is 3.31. The Labute approximate surface area is 265 Å². The maximum atomic E-state index is 14.3. The maximum absolute atomic E-state index is 14.3. The topological polar surface area (TPSA) is 112 Å². The van der Waals surface area contributed by atoms with Crippen molar-refractivity contribution in [2.75, 3.05) is 59.0 Å². The van der Waals surface area contributed by atoms with Gasteiger partial charge in [0.15, 0.2) is 0 Å². The fraction of sp³-hybridized carbons (Fsp3) is 0.879. The quantitative estimate of drug-likeness (QED) is 0.185. The van der Waals surface area contributed by atoms with Crippen LogP contribution in [0.5, 0.6) is 0 Å². The molecule has 0 aromatic carbocycles. The molecule has 4 aliphatic heterocycles. The van der Waals surface area contributed by atoms with E-state index in [9.17, 15) is 4.79 Å². The average Bonchev–Trinajstić information content (AvgIpc) is 2.96. The second-order valence-corrected chi connectivity index (χ2v) is 14.6. The Kier molecular flexibility index (Phi) is 12.2. The molecule has 0 bridgehead atoms. The summed E-state index contributed by atoms with van der Waals surface area (Å²) in [5.74, 6) is -0.655. The number of halogens is 1. The third-order valence-corrected chi connectivity index (χ3v) is 11.2. The van der Waals surface area contributed by atoms with Gasteiger partial charge in [-0.2, -0.15) is 0 Å². The normalized spacial score (nSPS) is 30.0. The van der Waals surface area contributed by atoms with E-state index in [0.717, 1.165) is 78.3 Å². The summed E-state index contributed by atoms with van der Waals surface area (Å²) in [5, 5.41) is 3.37. The first-order valence-corrected chi connectivity index (χ1v) is 17.8. The molecule has 4 unspecified atom stereocenters. The van der Waals surface area contributed by atoms with Crippen LogP contribution < -0.4 is 16.8 Å². The standard InChI is InChI=1S/C33H58ClN7O2/c1-2-3-4-8-14-39-15-10-29(41-18-16-40(17-19-41)26-23-43-24-26)28(22-39)38-32(42)30(31(35)36)27-20-33(11-6-5-7-12-33)13-9-25(34)21-37-27/h10,21,25-28,30-31H,2-9,11-20,22-24,35-36H2,1H3,(H,38,42). The Bertz CT molecular complexity index is 944. The van der Waals surface area contributed by atoms with Gasteiger partial charge in [0.05, 0.1) is 48.8 Å². The van der Waals surface area contributed by atoms with Crippen LogP contribution in [-0.4, -0.2) is 116 Å². The van der Waals surface area contributed by atoms with Crippen LogP contribution in [0.2, 0.25) is 0 Å². The Hall–Kier alpha value is -1.23. The smallest absolute Gasteiger partial charge is 0.228 e. The molecule has 4 heterocycles. The first-order chi connectivity index (χ1) is 20.9. The van der Waals surface area contributed by atoms with E-state index in [4.69, 9.17) is 32.8 Å². The van der Waals surface area contributed by atoms with Gasteiger partial charge in [0, 0.05) is 51.2 Å². The summed E-state index contributed by atoms with van der Waals surface area (Å²) in [7, 11) is 0. The summed E-state index contributed by atoms with van der Waals surface area (Å²) in [6.45, 7) is 10.7. The average molecular weight is 620 g/mol. The lowest BCUT2D eigenvalue weighted by atomic mass is 9.65. The maximum Gasteiger partial charge on any atom is 0.228 e. The van der Waals surface area contributed by atoms with Gasteiger partial charge < -0.3 is 26.4 Å². The molecule has 3 fully saturated rings. The minimum absolute atomic E-state index is 0.0659. The molecule has 1 amide bonds. The van der Waals surface area contributed by atoms with E-state index in [1.165, 1.54) is 63.5 Å². The van der Waals surface area contributed by atoms with Gasteiger partial charge in [-0.05, 0) is 56.6 Å². The third-order valence-electron chi connectivity index (χ3n) is 10.9. The van der Waals surface area contributed by atoms with E-state index in [2.05, 4.69) is 33.0 Å². The van der Waals surface area contributed by atoms with E-state index >= 15 is 0 Å². The molecule has 5 rings (SSSR count). The summed E-state index contributed by atoms with van der Waals surface area (Å²) in [5.41, 5.74) is 14.3. The molecular formula is C33H58ClN7O2. The van der Waals surface area contributed by atoms with Crippen molar-refractivity contribution < 1.29 is 9.53 Å². The van der Waals surface area contributed by atoms with Gasteiger partial charge >= 0.3 is 0 Å². The van der Waals surface area contributed by atoms with Crippen LogP contribution in [0.1, 0.15) is 84.0 Å². The van der Waals surface area contributed by atoms with Gasteiger partial charge in [-0.15, -0.1) is 11.6 Å². The Morgan fingerprint density at radius 2 is 1.88 bits per heavy atom. The van der Waals surface area contributed by atoms with Gasteiger partial charge in [-0.1, -0.05) is 45.4 Å². The molecule has 0 radical (unpaired) electrons. The molecule has 5 aliphatic rings. The van der Waals surface area contributed by atoms with Crippen molar-refractivity contribution >= 4 is 23.7 Å². The van der Waals surface area contributed by atoms with Gasteiger partial charge in [0.2, 0.25) is 5.91 Å². The second-order valence-electron chi connectivity index (χ2n) is 14.0. The highest BCUT2D eigenvalue weighted by Crippen LogP contribution is 2.46. The molecule has 10 heteroatoms. The number of carbonyl (C=O) groups excluding carboxylic acids is 1. The number of nitrogens with two attached hydrogens (primary N) is 2. The minimum atomic E-state index is -0.787. The van der Waals surface area contributed by atoms with Crippen LogP contribution in [0.15, 0.2) is 16.8 Å². The van der Waals surface area contributed by atoms with Crippen LogP contribution in [0.3, 0.4) is 0 Å². The zero-order valence-electron chi connectivity index (χ0n) is 26.6. The van der Waals surface area contributed by atoms with Crippen molar-refractivity contribution in [3.05, 3.63) is 11.8 Å². The van der Waals surface area contributed by atoms with Gasteiger partial charge in [0.25, 0.3) is 0 Å². The van der Waals surface area contributed by atoms with Crippen LogP contribution in [0.25, 0.3) is 0 Å². The lowest BCUT2D eigenvalue weighted by Gasteiger charge is -2.46. The first-order valence-electron chi connectivity index (χ1n) is 17.4. The Morgan fingerprint density at radius 1 is 1.12 bits per heavy atom. The summed E-state index contributed by atoms with van der Waals surface area (Å²) in [6, 6.07) is 0.219. The monoisotopic (exact) mass is 619 g/mol. The number of nitrogens with one attached hydrogen (secondary N) is 1. The highest BCUT2D eigenvalue weighted by molar-refractivity contribution is 6.28. The van der Waals surface area contributed by atoms with Crippen LogP contribution in [-0.2, 0) is 9.53 Å². The number of hydrogen-bond donors (Lipinski definition) is 3. The molecule has 1 aliphatic carbocycles. The molecule has 1 spiro atoms. The van der Waals surface area contributed by atoms with Gasteiger partial charge in [0.1, 0.15) is 0 Å². The van der Waals surface area contributed by atoms with Crippen LogP contribution in [0.4, 0.5) is 0 Å². The number of aliphatic imine (C=N–C) groups is 1. The minimum Gasteiger partial charge on any atom is -0.378 e. The summed E-state index contributed by atoms with van der Waals surface area (Å²) in [6.07, 6.45) is 17.4. The molecule has 1 saturated carbocycles. The molecule has 0 aromatic heterocycles. The molecule has 4 atom stereocenters. The van der Waals surface area contributed by atoms with Crippen molar-refractivity contribution in [2.45, 2.75) is 114 Å². The number of hydrogen-bond acceptors (Lipinski definition) is 8. The number of ether oxygens (including phenoxy) is 1. The zero-order chi connectivity index (χ0) is 30.2. The Balaban J connectivity index is 1.30. The van der Waals surface area contributed by atoms with E-state index in [0.29, 0.717) is 6.04 Å². The number of piperazine rings is 1. The zero-order valence-corrected chi connectivity index (χ0v) is 27.4. The fourth-order valence-electron chi connectivity index (χ4n) is 8.15. The van der Waals surface area contributed by atoms with E-state index < -0.39 is 12.1 Å². The lowest BCUT2D eigenvalue weighted by Crippen LogP contribution is -2.60. The SMILES string of the molecule is CCCCCCN1CC=C(N2CCN(C3COC3)CC2)C(NC(=O)C(C(N)N)C2CC3(CCCCC3)CCC(Cl)C=N2)C1. The van der Waals surface area contributed by atoms with E-state index in [-0.39, 0.29) is 28.8 Å². The molecule has 244 valence electrons. The molecule has 43 heavy (non-hydrogen) atoms. The van der Waals surface area contributed by atoms with E-state index in [1.807, 2.05) is 6.21 Å². The summed E-state index contributed by atoms with van der Waals surface area (Å²) >= 11 is 6.66. The van der Waals surface area contributed by atoms with Crippen molar-refractivity contribution in [3.8, 4) is 0 Å². The number of rotatable bonds is 11. The van der Waals surface area contributed by atoms with Gasteiger partial charge in [-0.25, -0.2) is 0 Å². The van der Waals surface area contributed by atoms with Crippen molar-refractivity contribution in [1.82, 2.24) is 20.0 Å². The molecule has 5 N–H and O–H groups in total. The Morgan fingerprint density at radius 3 is 2.56 bits per heavy atom. The second kappa shape index (κ2) is 15.9. The van der Waals surface area contributed by atoms with Gasteiger partial charge in [-0.3, -0.25) is 19.6 Å². The van der Waals surface area contributed by atoms with Crippen molar-refractivity contribution in [2.24, 2.45) is 27.8 Å². The van der Waals surface area contributed by atoms with Crippen molar-refractivity contribution in [1.29, 1.82) is 0 Å². The largest absolute Gasteiger partial charge is 0.378 e. The first kappa shape index (κ1) is 33.1. The molecule has 0 aromatic rings. The molecular weight excluding hydrogens is 562 g/mol. The highest BCUT2D eigenvalue weighted by atomic mass is 35.5. The number of alkyl halides is 1.